The van der Waals surface area contributed by atoms with Gasteiger partial charge in [0.1, 0.15) is 0 Å². The van der Waals surface area contributed by atoms with Crippen molar-refractivity contribution in [2.45, 2.75) is 40.5 Å². The molecular formula is C18H37NO5. The van der Waals surface area contributed by atoms with Gasteiger partial charge in [0.2, 0.25) is 0 Å². The van der Waals surface area contributed by atoms with E-state index < -0.39 is 0 Å². The normalized spacial score (nSPS) is 11.0. The number of aliphatic hydroxyl groups is 1. The molecule has 0 atom stereocenters. The van der Waals surface area contributed by atoms with E-state index in [0.29, 0.717) is 52.8 Å². The van der Waals surface area contributed by atoms with E-state index in [9.17, 15) is 5.11 Å². The Hall–Kier alpha value is -0.820. The third kappa shape index (κ3) is 17.5. The molecule has 0 saturated carbocycles. The van der Waals surface area contributed by atoms with Crippen molar-refractivity contribution in [1.29, 1.82) is 0 Å². The lowest BCUT2D eigenvalue weighted by molar-refractivity contribution is -0.00197. The molecule has 144 valence electrons. The van der Waals surface area contributed by atoms with Crippen LogP contribution in [-0.4, -0.2) is 64.5 Å². The maximum atomic E-state index is 9.42. The lowest BCUT2D eigenvalue weighted by Crippen LogP contribution is -2.21. The van der Waals surface area contributed by atoms with Gasteiger partial charge in [0, 0.05) is 13.2 Å². The van der Waals surface area contributed by atoms with Crippen molar-refractivity contribution in [3.05, 3.63) is 11.5 Å². The number of hydrogen-bond donors (Lipinski definition) is 2. The van der Waals surface area contributed by atoms with Gasteiger partial charge >= 0.3 is 0 Å². The van der Waals surface area contributed by atoms with Crippen molar-refractivity contribution >= 4 is 0 Å². The Morgan fingerprint density at radius 2 is 1.25 bits per heavy atom. The van der Waals surface area contributed by atoms with Crippen LogP contribution in [0.5, 0.6) is 0 Å². The zero-order chi connectivity index (χ0) is 18.0. The van der Waals surface area contributed by atoms with Crippen LogP contribution in [0.25, 0.3) is 0 Å². The van der Waals surface area contributed by atoms with Crippen LogP contribution >= 0.6 is 0 Å². The van der Waals surface area contributed by atoms with Gasteiger partial charge in [-0.15, -0.1) is 0 Å². The first-order valence-electron chi connectivity index (χ1n) is 8.95. The quantitative estimate of drug-likeness (QED) is 0.311. The fourth-order valence-corrected chi connectivity index (χ4v) is 1.77. The molecule has 0 aromatic rings. The van der Waals surface area contributed by atoms with Crippen molar-refractivity contribution in [2.75, 3.05) is 59.4 Å². The SMILES string of the molecule is CC(C)=C(O)NCCOCCOCCOCCOCCCC(C)C. The number of allylic oxidation sites excluding steroid dienone is 1. The lowest BCUT2D eigenvalue weighted by Gasteiger charge is -2.09. The number of nitrogens with one attached hydrogen (secondary N) is 1. The molecule has 0 saturated heterocycles. The summed E-state index contributed by atoms with van der Waals surface area (Å²) >= 11 is 0. The Balaban J connectivity index is 3.09. The molecule has 0 rings (SSSR count). The minimum absolute atomic E-state index is 0.218. The van der Waals surface area contributed by atoms with Gasteiger partial charge in [-0.05, 0) is 38.2 Å². The summed E-state index contributed by atoms with van der Waals surface area (Å²) in [5.74, 6) is 0.961. The molecule has 0 bridgehead atoms. The maximum absolute atomic E-state index is 9.42. The van der Waals surface area contributed by atoms with Crippen LogP contribution in [-0.2, 0) is 18.9 Å². The van der Waals surface area contributed by atoms with E-state index in [-0.39, 0.29) is 5.88 Å². The molecule has 0 amide bonds. The van der Waals surface area contributed by atoms with E-state index in [1.165, 1.54) is 6.42 Å². The second-order valence-corrected chi connectivity index (χ2v) is 6.26. The van der Waals surface area contributed by atoms with Crippen LogP contribution in [0.3, 0.4) is 0 Å². The topological polar surface area (TPSA) is 69.2 Å². The van der Waals surface area contributed by atoms with Crippen molar-refractivity contribution < 1.29 is 24.1 Å². The molecule has 6 nitrogen and oxygen atoms in total. The van der Waals surface area contributed by atoms with Gasteiger partial charge in [-0.25, -0.2) is 0 Å². The number of rotatable bonds is 17. The minimum Gasteiger partial charge on any atom is -0.495 e. The van der Waals surface area contributed by atoms with Gasteiger partial charge in [0.25, 0.3) is 0 Å². The van der Waals surface area contributed by atoms with Crippen LogP contribution in [0.15, 0.2) is 11.5 Å². The van der Waals surface area contributed by atoms with Gasteiger partial charge in [-0.1, -0.05) is 13.8 Å². The zero-order valence-corrected chi connectivity index (χ0v) is 15.9. The Morgan fingerprint density at radius 1 is 0.792 bits per heavy atom. The first-order chi connectivity index (χ1) is 11.5. The second-order valence-electron chi connectivity index (χ2n) is 6.26. The number of hydrogen-bond acceptors (Lipinski definition) is 6. The summed E-state index contributed by atoms with van der Waals surface area (Å²) in [5.41, 5.74) is 0.860. The second kappa shape index (κ2) is 17.0. The Kier molecular flexibility index (Phi) is 16.4. The van der Waals surface area contributed by atoms with E-state index in [2.05, 4.69) is 19.2 Å². The monoisotopic (exact) mass is 347 g/mol. The molecule has 0 aromatic carbocycles. The van der Waals surface area contributed by atoms with Crippen LogP contribution in [0.4, 0.5) is 0 Å². The minimum atomic E-state index is 0.218. The highest BCUT2D eigenvalue weighted by molar-refractivity contribution is 4.98. The van der Waals surface area contributed by atoms with Crippen molar-refractivity contribution in [2.24, 2.45) is 5.92 Å². The molecule has 0 heterocycles. The standard InChI is InChI=1S/C18H37NO5/c1-16(2)6-5-8-21-10-12-23-14-15-24-13-11-22-9-7-19-18(20)17(3)4/h16,19-20H,5-15H2,1-4H3. The van der Waals surface area contributed by atoms with Crippen LogP contribution in [0.1, 0.15) is 40.5 Å². The maximum Gasteiger partial charge on any atom is 0.182 e. The highest BCUT2D eigenvalue weighted by atomic mass is 16.6. The number of ether oxygens (including phenoxy) is 4. The van der Waals surface area contributed by atoms with E-state index >= 15 is 0 Å². The first kappa shape index (κ1) is 23.2. The molecule has 0 spiro atoms. The largest absolute Gasteiger partial charge is 0.495 e. The molecule has 6 heteroatoms. The average Bonchev–Trinajstić information content (AvgIpc) is 2.53. The fourth-order valence-electron chi connectivity index (χ4n) is 1.77. The summed E-state index contributed by atoms with van der Waals surface area (Å²) in [6, 6.07) is 0. The molecule has 0 aliphatic rings. The van der Waals surface area contributed by atoms with Crippen LogP contribution < -0.4 is 5.32 Å². The molecule has 0 fully saturated rings. The Morgan fingerprint density at radius 3 is 1.71 bits per heavy atom. The van der Waals surface area contributed by atoms with Gasteiger partial charge in [0.05, 0.1) is 46.2 Å². The predicted molar refractivity (Wildman–Crippen MR) is 96.4 cm³/mol. The Bertz CT molecular complexity index is 304. The predicted octanol–water partition coefficient (Wildman–Crippen LogP) is 2.89. The summed E-state index contributed by atoms with van der Waals surface area (Å²) in [5, 5.41) is 12.3. The number of aliphatic hydroxyl groups excluding tert-OH is 1. The van der Waals surface area contributed by atoms with Crippen LogP contribution in [0.2, 0.25) is 0 Å². The summed E-state index contributed by atoms with van der Waals surface area (Å²) in [7, 11) is 0. The summed E-state index contributed by atoms with van der Waals surface area (Å²) < 4.78 is 21.7. The van der Waals surface area contributed by atoms with Gasteiger partial charge in [-0.2, -0.15) is 0 Å². The molecule has 0 radical (unpaired) electrons. The third-order valence-electron chi connectivity index (χ3n) is 3.20. The van der Waals surface area contributed by atoms with E-state index in [1.54, 1.807) is 0 Å². The van der Waals surface area contributed by atoms with E-state index in [4.69, 9.17) is 18.9 Å². The highest BCUT2D eigenvalue weighted by Crippen LogP contribution is 2.02. The smallest absolute Gasteiger partial charge is 0.182 e. The molecule has 0 aliphatic carbocycles. The lowest BCUT2D eigenvalue weighted by atomic mass is 10.1. The molecule has 0 aromatic heterocycles. The molecule has 2 N–H and O–H groups in total. The van der Waals surface area contributed by atoms with E-state index in [0.717, 1.165) is 24.5 Å². The molecule has 0 aliphatic heterocycles. The summed E-state index contributed by atoms with van der Waals surface area (Å²) in [6.07, 6.45) is 2.33. The summed E-state index contributed by atoms with van der Waals surface area (Å²) in [4.78, 5) is 0. The molecule has 0 unspecified atom stereocenters. The van der Waals surface area contributed by atoms with Gasteiger partial charge < -0.3 is 29.4 Å². The fraction of sp³-hybridized carbons (Fsp3) is 0.889. The van der Waals surface area contributed by atoms with Crippen molar-refractivity contribution in [3.8, 4) is 0 Å². The molecule has 24 heavy (non-hydrogen) atoms. The van der Waals surface area contributed by atoms with Gasteiger partial charge in [-0.3, -0.25) is 0 Å². The van der Waals surface area contributed by atoms with Gasteiger partial charge in [0.15, 0.2) is 5.88 Å². The van der Waals surface area contributed by atoms with Crippen molar-refractivity contribution in [3.63, 3.8) is 0 Å². The average molecular weight is 347 g/mol. The van der Waals surface area contributed by atoms with E-state index in [1.807, 2.05) is 13.8 Å². The zero-order valence-electron chi connectivity index (χ0n) is 15.9. The van der Waals surface area contributed by atoms with Crippen molar-refractivity contribution in [1.82, 2.24) is 5.32 Å². The highest BCUT2D eigenvalue weighted by Gasteiger charge is 1.96. The molecular weight excluding hydrogens is 310 g/mol. The Labute approximate surface area is 147 Å². The summed E-state index contributed by atoms with van der Waals surface area (Å²) in [6.45, 7) is 13.5. The van der Waals surface area contributed by atoms with Crippen LogP contribution in [0, 0.1) is 5.92 Å². The third-order valence-corrected chi connectivity index (χ3v) is 3.20. The first-order valence-corrected chi connectivity index (χ1v) is 8.95.